The smallest absolute Gasteiger partial charge is 0.220 e. The maximum Gasteiger partial charge on any atom is 0.220 e. The summed E-state index contributed by atoms with van der Waals surface area (Å²) in [7, 11) is 0. The van der Waals surface area contributed by atoms with E-state index < -0.39 is 5.54 Å². The van der Waals surface area contributed by atoms with E-state index in [1.807, 2.05) is 34.6 Å². The van der Waals surface area contributed by atoms with Crippen molar-refractivity contribution in [2.24, 2.45) is 5.73 Å². The Hall–Kier alpha value is -0.570. The van der Waals surface area contributed by atoms with Crippen molar-refractivity contribution in [1.29, 1.82) is 0 Å². The predicted molar refractivity (Wildman–Crippen MR) is 50.8 cm³/mol. The Labute approximate surface area is 74.7 Å². The topological polar surface area (TPSA) is 55.1 Å². The molecule has 0 bridgehead atoms. The minimum Gasteiger partial charge on any atom is -0.349 e. The summed E-state index contributed by atoms with van der Waals surface area (Å²) in [5, 5.41) is 2.88. The first-order valence-corrected chi connectivity index (χ1v) is 4.30. The SMILES string of the molecule is CCC(=O)NC(C)(C)C(C)(C)N. The molecule has 0 radical (unpaired) electrons. The van der Waals surface area contributed by atoms with Gasteiger partial charge in [0.25, 0.3) is 0 Å². The lowest BCUT2D eigenvalue weighted by Gasteiger charge is -2.39. The van der Waals surface area contributed by atoms with E-state index in [2.05, 4.69) is 5.32 Å². The molecule has 3 nitrogen and oxygen atoms in total. The summed E-state index contributed by atoms with van der Waals surface area (Å²) in [5.74, 6) is 0.0403. The molecule has 0 atom stereocenters. The number of hydrogen-bond donors (Lipinski definition) is 2. The van der Waals surface area contributed by atoms with Gasteiger partial charge in [0.1, 0.15) is 0 Å². The quantitative estimate of drug-likeness (QED) is 0.668. The van der Waals surface area contributed by atoms with Crippen LogP contribution in [0, 0.1) is 0 Å². The zero-order chi connectivity index (χ0) is 9.99. The number of carbonyl (C=O) groups is 1. The van der Waals surface area contributed by atoms with Gasteiger partial charge in [0, 0.05) is 12.0 Å². The molecule has 0 aliphatic rings. The fraction of sp³-hybridized carbons (Fsp3) is 0.889. The zero-order valence-electron chi connectivity index (χ0n) is 8.69. The van der Waals surface area contributed by atoms with E-state index in [-0.39, 0.29) is 11.4 Å². The van der Waals surface area contributed by atoms with Crippen LogP contribution in [-0.4, -0.2) is 17.0 Å². The van der Waals surface area contributed by atoms with E-state index >= 15 is 0 Å². The van der Waals surface area contributed by atoms with Crippen LogP contribution in [-0.2, 0) is 4.79 Å². The molecule has 0 aromatic rings. The van der Waals surface area contributed by atoms with Crippen molar-refractivity contribution in [3.05, 3.63) is 0 Å². The van der Waals surface area contributed by atoms with Gasteiger partial charge in [0.15, 0.2) is 0 Å². The number of nitrogens with one attached hydrogen (secondary N) is 1. The average molecular weight is 172 g/mol. The fourth-order valence-electron chi connectivity index (χ4n) is 0.598. The highest BCUT2D eigenvalue weighted by atomic mass is 16.1. The molecule has 0 saturated carbocycles. The summed E-state index contributed by atoms with van der Waals surface area (Å²) in [6.45, 7) is 9.50. The maximum atomic E-state index is 11.1. The highest BCUT2D eigenvalue weighted by Gasteiger charge is 2.34. The Morgan fingerprint density at radius 2 is 1.75 bits per heavy atom. The van der Waals surface area contributed by atoms with Crippen LogP contribution in [0.3, 0.4) is 0 Å². The van der Waals surface area contributed by atoms with E-state index in [0.717, 1.165) is 0 Å². The van der Waals surface area contributed by atoms with Gasteiger partial charge in [-0.05, 0) is 27.7 Å². The monoisotopic (exact) mass is 172 g/mol. The zero-order valence-corrected chi connectivity index (χ0v) is 8.69. The molecule has 3 N–H and O–H groups in total. The van der Waals surface area contributed by atoms with Gasteiger partial charge in [-0.3, -0.25) is 4.79 Å². The van der Waals surface area contributed by atoms with Crippen LogP contribution in [0.4, 0.5) is 0 Å². The summed E-state index contributed by atoms with van der Waals surface area (Å²) in [5.41, 5.74) is 5.14. The normalized spacial score (nSPS) is 12.8. The lowest BCUT2D eigenvalue weighted by atomic mass is 9.83. The third kappa shape index (κ3) is 2.81. The van der Waals surface area contributed by atoms with E-state index in [0.29, 0.717) is 6.42 Å². The molecule has 0 aromatic carbocycles. The van der Waals surface area contributed by atoms with Crippen molar-refractivity contribution in [1.82, 2.24) is 5.32 Å². The van der Waals surface area contributed by atoms with Crippen molar-refractivity contribution in [3.63, 3.8) is 0 Å². The first-order valence-electron chi connectivity index (χ1n) is 4.30. The fourth-order valence-corrected chi connectivity index (χ4v) is 0.598. The molecule has 0 aliphatic heterocycles. The maximum absolute atomic E-state index is 11.1. The van der Waals surface area contributed by atoms with Gasteiger partial charge in [0.05, 0.1) is 5.54 Å². The molecule has 0 spiro atoms. The van der Waals surface area contributed by atoms with Crippen molar-refractivity contribution in [2.75, 3.05) is 0 Å². The molecule has 0 aromatic heterocycles. The summed E-state index contributed by atoms with van der Waals surface area (Å²) in [6.07, 6.45) is 0.500. The predicted octanol–water partition coefficient (Wildman–Crippen LogP) is 1.03. The summed E-state index contributed by atoms with van der Waals surface area (Å²) in [6, 6.07) is 0. The van der Waals surface area contributed by atoms with Gasteiger partial charge in [-0.1, -0.05) is 6.92 Å². The van der Waals surface area contributed by atoms with Crippen LogP contribution in [0.2, 0.25) is 0 Å². The second-order valence-electron chi connectivity index (χ2n) is 4.25. The molecule has 1 amide bonds. The van der Waals surface area contributed by atoms with Crippen LogP contribution >= 0.6 is 0 Å². The van der Waals surface area contributed by atoms with Gasteiger partial charge in [-0.15, -0.1) is 0 Å². The molecule has 0 unspecified atom stereocenters. The third-order valence-corrected chi connectivity index (χ3v) is 2.38. The molecule has 12 heavy (non-hydrogen) atoms. The molecular formula is C9H20N2O. The standard InChI is InChI=1S/C9H20N2O/c1-6-7(12)11-9(4,5)8(2,3)10/h6,10H2,1-5H3,(H,11,12). The van der Waals surface area contributed by atoms with Crippen LogP contribution in [0.25, 0.3) is 0 Å². The van der Waals surface area contributed by atoms with Crippen LogP contribution in [0.5, 0.6) is 0 Å². The Balaban J connectivity index is 4.33. The molecule has 72 valence electrons. The lowest BCUT2D eigenvalue weighted by molar-refractivity contribution is -0.123. The lowest BCUT2D eigenvalue weighted by Crippen LogP contribution is -2.62. The number of amides is 1. The molecule has 0 fully saturated rings. The summed E-state index contributed by atoms with van der Waals surface area (Å²) in [4.78, 5) is 11.1. The first-order chi connectivity index (χ1) is 5.20. The number of carbonyl (C=O) groups excluding carboxylic acids is 1. The first kappa shape index (κ1) is 11.4. The van der Waals surface area contributed by atoms with Gasteiger partial charge < -0.3 is 11.1 Å². The molecule has 0 aliphatic carbocycles. The van der Waals surface area contributed by atoms with Crippen molar-refractivity contribution in [2.45, 2.75) is 52.1 Å². The minimum atomic E-state index is -0.405. The van der Waals surface area contributed by atoms with E-state index in [1.54, 1.807) is 0 Å². The Morgan fingerprint density at radius 3 is 2.00 bits per heavy atom. The highest BCUT2D eigenvalue weighted by Crippen LogP contribution is 2.17. The Kier molecular flexibility index (Phi) is 3.27. The van der Waals surface area contributed by atoms with Crippen LogP contribution in [0.15, 0.2) is 0 Å². The second-order valence-corrected chi connectivity index (χ2v) is 4.25. The second kappa shape index (κ2) is 3.44. The van der Waals surface area contributed by atoms with Gasteiger partial charge in [-0.25, -0.2) is 0 Å². The number of hydrogen-bond acceptors (Lipinski definition) is 2. The van der Waals surface area contributed by atoms with Crippen LogP contribution < -0.4 is 11.1 Å². The highest BCUT2D eigenvalue weighted by molar-refractivity contribution is 5.76. The molecule has 0 saturated heterocycles. The molecule has 3 heteroatoms. The van der Waals surface area contributed by atoms with Gasteiger partial charge in [0.2, 0.25) is 5.91 Å². The summed E-state index contributed by atoms with van der Waals surface area (Å²) < 4.78 is 0. The largest absolute Gasteiger partial charge is 0.349 e. The third-order valence-electron chi connectivity index (χ3n) is 2.38. The van der Waals surface area contributed by atoms with Crippen LogP contribution in [0.1, 0.15) is 41.0 Å². The number of nitrogens with two attached hydrogens (primary N) is 1. The molecule has 0 rings (SSSR count). The van der Waals surface area contributed by atoms with Crippen molar-refractivity contribution >= 4 is 5.91 Å². The van der Waals surface area contributed by atoms with Gasteiger partial charge >= 0.3 is 0 Å². The van der Waals surface area contributed by atoms with Gasteiger partial charge in [-0.2, -0.15) is 0 Å². The summed E-state index contributed by atoms with van der Waals surface area (Å²) >= 11 is 0. The number of rotatable bonds is 3. The van der Waals surface area contributed by atoms with Crippen molar-refractivity contribution < 1.29 is 4.79 Å². The Morgan fingerprint density at radius 1 is 1.33 bits per heavy atom. The van der Waals surface area contributed by atoms with E-state index in [1.165, 1.54) is 0 Å². The minimum absolute atomic E-state index is 0.0403. The average Bonchev–Trinajstić information content (AvgIpc) is 1.84. The molecular weight excluding hydrogens is 152 g/mol. The Bertz CT molecular complexity index is 168. The van der Waals surface area contributed by atoms with Crippen molar-refractivity contribution in [3.8, 4) is 0 Å². The van der Waals surface area contributed by atoms with E-state index in [4.69, 9.17) is 5.73 Å². The van der Waals surface area contributed by atoms with E-state index in [9.17, 15) is 4.79 Å². The molecule has 0 heterocycles.